The van der Waals surface area contributed by atoms with Crippen LogP contribution < -0.4 is 10.6 Å². The number of alkyl halides is 2. The van der Waals surface area contributed by atoms with Crippen LogP contribution in [0.3, 0.4) is 0 Å². The number of carbonyl (C=O) groups is 3. The number of halogens is 2. The van der Waals surface area contributed by atoms with Gasteiger partial charge in [0.2, 0.25) is 5.91 Å². The number of hydrogen-bond donors (Lipinski definition) is 2. The van der Waals surface area contributed by atoms with E-state index in [1.54, 1.807) is 30.3 Å². The van der Waals surface area contributed by atoms with Gasteiger partial charge in [-0.2, -0.15) is 8.78 Å². The van der Waals surface area contributed by atoms with E-state index in [0.29, 0.717) is 27.9 Å². The number of hydrogen-bond acceptors (Lipinski definition) is 5. The van der Waals surface area contributed by atoms with E-state index in [2.05, 4.69) is 10.6 Å². The fraction of sp³-hybridized carbons (Fsp3) is 0.150. The molecule has 2 N–H and O–H groups in total. The summed E-state index contributed by atoms with van der Waals surface area (Å²) in [5.74, 6) is -4.48. The van der Waals surface area contributed by atoms with Gasteiger partial charge in [-0.3, -0.25) is 9.59 Å². The summed E-state index contributed by atoms with van der Waals surface area (Å²) in [6, 6.07) is 14.6. The molecule has 6 nitrogen and oxygen atoms in total. The Bertz CT molecular complexity index is 887. The first-order valence-corrected chi connectivity index (χ1v) is 9.27. The van der Waals surface area contributed by atoms with Crippen molar-refractivity contribution in [3.63, 3.8) is 0 Å². The maximum absolute atomic E-state index is 12.3. The van der Waals surface area contributed by atoms with Crippen molar-refractivity contribution >= 4 is 41.3 Å². The Labute approximate surface area is 170 Å². The zero-order valence-corrected chi connectivity index (χ0v) is 16.2. The Morgan fingerprint density at radius 2 is 1.72 bits per heavy atom. The molecular weight excluding hydrogens is 402 g/mol. The molecule has 0 saturated carbocycles. The van der Waals surface area contributed by atoms with Crippen LogP contribution in [0.1, 0.15) is 12.5 Å². The standard InChI is InChI=1S/C20H18F2N2O4S/c1-13(25)23-17(11-14-5-3-2-4-6-14)19(27)28-12-18(26)24-15-7-9-16(10-8-15)29-20(21)22/h2-11,20H,12H2,1H3,(H,23,25)(H,24,26). The Morgan fingerprint density at radius 3 is 2.31 bits per heavy atom. The molecule has 0 fully saturated rings. The molecule has 2 rings (SSSR count). The van der Waals surface area contributed by atoms with Crippen LogP contribution in [0.25, 0.3) is 6.08 Å². The number of amides is 2. The predicted octanol–water partition coefficient (Wildman–Crippen LogP) is 3.66. The van der Waals surface area contributed by atoms with E-state index in [-0.39, 0.29) is 5.70 Å². The molecule has 152 valence electrons. The van der Waals surface area contributed by atoms with Crippen molar-refractivity contribution in [2.75, 3.05) is 11.9 Å². The second-order valence-electron chi connectivity index (χ2n) is 5.68. The molecule has 29 heavy (non-hydrogen) atoms. The molecule has 0 unspecified atom stereocenters. The van der Waals surface area contributed by atoms with E-state index < -0.39 is 30.1 Å². The van der Waals surface area contributed by atoms with Crippen molar-refractivity contribution in [1.82, 2.24) is 5.32 Å². The molecule has 9 heteroatoms. The van der Waals surface area contributed by atoms with Gasteiger partial charge < -0.3 is 15.4 Å². The third-order valence-electron chi connectivity index (χ3n) is 3.34. The largest absolute Gasteiger partial charge is 0.451 e. The summed E-state index contributed by atoms with van der Waals surface area (Å²) in [4.78, 5) is 35.9. The lowest BCUT2D eigenvalue weighted by molar-refractivity contribution is -0.144. The van der Waals surface area contributed by atoms with Gasteiger partial charge in [0.05, 0.1) is 0 Å². The summed E-state index contributed by atoms with van der Waals surface area (Å²) >= 11 is 0.393. The van der Waals surface area contributed by atoms with Gasteiger partial charge >= 0.3 is 5.97 Å². The number of anilines is 1. The van der Waals surface area contributed by atoms with Crippen LogP contribution >= 0.6 is 11.8 Å². The fourth-order valence-electron chi connectivity index (χ4n) is 2.18. The van der Waals surface area contributed by atoms with E-state index in [1.165, 1.54) is 37.3 Å². The van der Waals surface area contributed by atoms with E-state index in [9.17, 15) is 23.2 Å². The number of ether oxygens (including phenoxy) is 1. The molecule has 0 aliphatic heterocycles. The number of rotatable bonds is 8. The molecule has 2 aromatic carbocycles. The normalized spacial score (nSPS) is 11.1. The predicted molar refractivity (Wildman–Crippen MR) is 106 cm³/mol. The molecule has 0 bridgehead atoms. The average molecular weight is 420 g/mol. The number of carbonyl (C=O) groups excluding carboxylic acids is 3. The maximum Gasteiger partial charge on any atom is 0.355 e. The second-order valence-corrected chi connectivity index (χ2v) is 6.74. The van der Waals surface area contributed by atoms with E-state index in [0.717, 1.165) is 0 Å². The van der Waals surface area contributed by atoms with Crippen LogP contribution in [0.5, 0.6) is 0 Å². The first-order valence-electron chi connectivity index (χ1n) is 8.39. The highest BCUT2D eigenvalue weighted by Crippen LogP contribution is 2.26. The van der Waals surface area contributed by atoms with Crippen LogP contribution in [0, 0.1) is 0 Å². The van der Waals surface area contributed by atoms with Crippen LogP contribution in [0.4, 0.5) is 14.5 Å². The molecule has 2 aromatic rings. The van der Waals surface area contributed by atoms with E-state index in [4.69, 9.17) is 4.74 Å². The Kier molecular flexibility index (Phi) is 8.35. The lowest BCUT2D eigenvalue weighted by Crippen LogP contribution is -2.28. The van der Waals surface area contributed by atoms with Crippen LogP contribution in [0.15, 0.2) is 65.2 Å². The third-order valence-corrected chi connectivity index (χ3v) is 4.06. The van der Waals surface area contributed by atoms with Gasteiger partial charge in [0.1, 0.15) is 5.70 Å². The van der Waals surface area contributed by atoms with Crippen molar-refractivity contribution < 1.29 is 27.9 Å². The van der Waals surface area contributed by atoms with Gasteiger partial charge in [0.15, 0.2) is 6.61 Å². The van der Waals surface area contributed by atoms with Crippen molar-refractivity contribution in [1.29, 1.82) is 0 Å². The van der Waals surface area contributed by atoms with Crippen LogP contribution in [-0.2, 0) is 19.1 Å². The maximum atomic E-state index is 12.3. The summed E-state index contributed by atoms with van der Waals surface area (Å²) in [6.07, 6.45) is 1.43. The molecular formula is C20H18F2N2O4S. The molecule has 0 aromatic heterocycles. The van der Waals surface area contributed by atoms with E-state index >= 15 is 0 Å². The lowest BCUT2D eigenvalue weighted by atomic mass is 10.2. The first kappa shape index (κ1) is 22.1. The zero-order chi connectivity index (χ0) is 21.2. The molecule has 2 amide bonds. The van der Waals surface area contributed by atoms with Gasteiger partial charge in [0, 0.05) is 17.5 Å². The van der Waals surface area contributed by atoms with Gasteiger partial charge in [-0.25, -0.2) is 4.79 Å². The molecule has 0 spiro atoms. The van der Waals surface area contributed by atoms with Gasteiger partial charge in [-0.15, -0.1) is 0 Å². The Morgan fingerprint density at radius 1 is 1.07 bits per heavy atom. The number of thioether (sulfide) groups is 1. The lowest BCUT2D eigenvalue weighted by Gasteiger charge is -2.10. The summed E-state index contributed by atoms with van der Waals surface area (Å²) in [5, 5.41) is 4.86. The topological polar surface area (TPSA) is 84.5 Å². The Balaban J connectivity index is 1.93. The number of esters is 1. The molecule has 0 saturated heterocycles. The van der Waals surface area contributed by atoms with Gasteiger partial charge in [-0.05, 0) is 35.9 Å². The van der Waals surface area contributed by atoms with Crippen LogP contribution in [0.2, 0.25) is 0 Å². The summed E-state index contributed by atoms with van der Waals surface area (Å²) in [5.41, 5.74) is 0.927. The smallest absolute Gasteiger partial charge is 0.355 e. The minimum Gasteiger partial charge on any atom is -0.451 e. The molecule has 0 aliphatic carbocycles. The van der Waals surface area contributed by atoms with Crippen LogP contribution in [-0.4, -0.2) is 30.1 Å². The minimum absolute atomic E-state index is 0.107. The SMILES string of the molecule is CC(=O)NC(=Cc1ccccc1)C(=O)OCC(=O)Nc1ccc(SC(F)F)cc1. The zero-order valence-electron chi connectivity index (χ0n) is 15.4. The monoisotopic (exact) mass is 420 g/mol. The molecule has 0 atom stereocenters. The highest BCUT2D eigenvalue weighted by Gasteiger charge is 2.15. The van der Waals surface area contributed by atoms with E-state index in [1.807, 2.05) is 0 Å². The first-order chi connectivity index (χ1) is 13.8. The third kappa shape index (κ3) is 8.14. The highest BCUT2D eigenvalue weighted by atomic mass is 32.2. The summed E-state index contributed by atoms with van der Waals surface area (Å²) < 4.78 is 29.6. The fourth-order valence-corrected chi connectivity index (χ4v) is 2.68. The number of nitrogens with one attached hydrogen (secondary N) is 2. The summed E-state index contributed by atoms with van der Waals surface area (Å²) in [7, 11) is 0. The molecule has 0 heterocycles. The second kappa shape index (κ2) is 11.0. The number of benzene rings is 2. The van der Waals surface area contributed by atoms with Crippen molar-refractivity contribution in [2.45, 2.75) is 17.6 Å². The molecule has 0 aliphatic rings. The molecule has 0 radical (unpaired) electrons. The Hall–Kier alpha value is -3.20. The quantitative estimate of drug-likeness (QED) is 0.387. The van der Waals surface area contributed by atoms with Crippen molar-refractivity contribution in [2.24, 2.45) is 0 Å². The van der Waals surface area contributed by atoms with Gasteiger partial charge in [0.25, 0.3) is 11.7 Å². The van der Waals surface area contributed by atoms with Crippen molar-refractivity contribution in [3.05, 3.63) is 65.9 Å². The minimum atomic E-state index is -2.53. The van der Waals surface area contributed by atoms with Gasteiger partial charge in [-0.1, -0.05) is 42.1 Å². The summed E-state index contributed by atoms with van der Waals surface area (Å²) in [6.45, 7) is 0.660. The average Bonchev–Trinajstić information content (AvgIpc) is 2.67. The highest BCUT2D eigenvalue weighted by molar-refractivity contribution is 7.99. The van der Waals surface area contributed by atoms with Crippen molar-refractivity contribution in [3.8, 4) is 0 Å².